The van der Waals surface area contributed by atoms with Crippen LogP contribution in [0.5, 0.6) is 0 Å². The summed E-state index contributed by atoms with van der Waals surface area (Å²) in [6, 6.07) is 0. The maximum Gasteiger partial charge on any atom is 0.0893 e. The minimum atomic E-state index is 0.876. The number of nitrogens with zero attached hydrogens (tertiary/aromatic N) is 2. The van der Waals surface area contributed by atoms with Crippen molar-refractivity contribution in [2.45, 2.75) is 45.1 Å². The molecule has 4 heteroatoms. The van der Waals surface area contributed by atoms with Gasteiger partial charge in [0, 0.05) is 11.9 Å². The lowest BCUT2D eigenvalue weighted by Crippen LogP contribution is -2.15. The van der Waals surface area contributed by atoms with E-state index in [1.807, 2.05) is 5.38 Å². The van der Waals surface area contributed by atoms with Gasteiger partial charge < -0.3 is 5.32 Å². The van der Waals surface area contributed by atoms with Crippen LogP contribution in [0.25, 0.3) is 0 Å². The summed E-state index contributed by atoms with van der Waals surface area (Å²) in [4.78, 5) is 0. The molecular weight excluding hydrogens is 206 g/mol. The highest BCUT2D eigenvalue weighted by Gasteiger charge is 2.13. The average molecular weight is 225 g/mol. The molecule has 1 aromatic heterocycles. The van der Waals surface area contributed by atoms with Crippen molar-refractivity contribution in [1.82, 2.24) is 14.9 Å². The second-order valence-corrected chi connectivity index (χ2v) is 4.98. The maximum absolute atomic E-state index is 4.00. The molecule has 1 saturated carbocycles. The van der Waals surface area contributed by atoms with E-state index in [9.17, 15) is 0 Å². The Morgan fingerprint density at radius 2 is 2.27 bits per heavy atom. The Balaban J connectivity index is 1.48. The zero-order valence-corrected chi connectivity index (χ0v) is 9.93. The SMILES string of the molecule is c1snnc1CNCCCC1CCCC1. The molecule has 1 N–H and O–H groups in total. The summed E-state index contributed by atoms with van der Waals surface area (Å²) < 4.78 is 3.84. The molecule has 0 unspecified atom stereocenters. The molecule has 1 aliphatic rings. The highest BCUT2D eigenvalue weighted by Crippen LogP contribution is 2.28. The Morgan fingerprint density at radius 3 is 3.00 bits per heavy atom. The van der Waals surface area contributed by atoms with Crippen molar-refractivity contribution in [1.29, 1.82) is 0 Å². The van der Waals surface area contributed by atoms with E-state index in [0.717, 1.165) is 24.7 Å². The highest BCUT2D eigenvalue weighted by molar-refractivity contribution is 7.03. The van der Waals surface area contributed by atoms with E-state index in [2.05, 4.69) is 14.9 Å². The first-order chi connectivity index (χ1) is 7.45. The Kier molecular flexibility index (Phi) is 4.54. The zero-order chi connectivity index (χ0) is 10.3. The zero-order valence-electron chi connectivity index (χ0n) is 9.11. The smallest absolute Gasteiger partial charge is 0.0893 e. The van der Waals surface area contributed by atoms with E-state index in [0.29, 0.717) is 0 Å². The van der Waals surface area contributed by atoms with Crippen LogP contribution in [0, 0.1) is 5.92 Å². The molecule has 0 aliphatic heterocycles. The minimum absolute atomic E-state index is 0.876. The molecule has 1 aromatic rings. The molecule has 0 atom stereocenters. The first-order valence-electron chi connectivity index (χ1n) is 5.92. The molecule has 0 radical (unpaired) electrons. The molecule has 1 fully saturated rings. The molecule has 0 amide bonds. The van der Waals surface area contributed by atoms with Gasteiger partial charge in [-0.3, -0.25) is 0 Å². The Morgan fingerprint density at radius 1 is 1.40 bits per heavy atom. The van der Waals surface area contributed by atoms with E-state index in [-0.39, 0.29) is 0 Å². The van der Waals surface area contributed by atoms with Gasteiger partial charge in [-0.2, -0.15) is 0 Å². The Bertz CT molecular complexity index is 255. The quantitative estimate of drug-likeness (QED) is 0.756. The number of rotatable bonds is 6. The van der Waals surface area contributed by atoms with Gasteiger partial charge in [0.05, 0.1) is 5.69 Å². The topological polar surface area (TPSA) is 37.8 Å². The van der Waals surface area contributed by atoms with Crippen LogP contribution in [0.3, 0.4) is 0 Å². The molecule has 0 saturated heterocycles. The van der Waals surface area contributed by atoms with Crippen LogP contribution in [0.1, 0.15) is 44.2 Å². The number of hydrogen-bond donors (Lipinski definition) is 1. The third-order valence-corrected chi connectivity index (χ3v) is 3.71. The second-order valence-electron chi connectivity index (χ2n) is 4.37. The van der Waals surface area contributed by atoms with Crippen LogP contribution in [0.4, 0.5) is 0 Å². The molecule has 1 aliphatic carbocycles. The van der Waals surface area contributed by atoms with Crippen molar-refractivity contribution < 1.29 is 0 Å². The van der Waals surface area contributed by atoms with Crippen molar-refractivity contribution in [3.8, 4) is 0 Å². The number of hydrogen-bond acceptors (Lipinski definition) is 4. The Hall–Kier alpha value is -0.480. The number of aromatic nitrogens is 2. The summed E-state index contributed by atoms with van der Waals surface area (Å²) in [5, 5.41) is 9.42. The predicted molar refractivity (Wildman–Crippen MR) is 62.8 cm³/mol. The van der Waals surface area contributed by atoms with Crippen molar-refractivity contribution in [3.63, 3.8) is 0 Å². The van der Waals surface area contributed by atoms with Crippen LogP contribution >= 0.6 is 11.5 Å². The van der Waals surface area contributed by atoms with E-state index in [1.54, 1.807) is 0 Å². The van der Waals surface area contributed by atoms with Gasteiger partial charge in [-0.15, -0.1) is 5.10 Å². The van der Waals surface area contributed by atoms with Gasteiger partial charge in [0.2, 0.25) is 0 Å². The maximum atomic E-state index is 4.00. The normalized spacial score (nSPS) is 17.3. The standard InChI is InChI=1S/C11H19N3S/c1-2-5-10(4-1)6-3-7-12-8-11-9-15-14-13-11/h9-10,12H,1-8H2. The van der Waals surface area contributed by atoms with Gasteiger partial charge in [-0.05, 0) is 36.8 Å². The van der Waals surface area contributed by atoms with Gasteiger partial charge in [0.25, 0.3) is 0 Å². The van der Waals surface area contributed by atoms with Crippen LogP contribution < -0.4 is 5.32 Å². The molecule has 0 spiro atoms. The van der Waals surface area contributed by atoms with Gasteiger partial charge >= 0.3 is 0 Å². The molecule has 1 heterocycles. The lowest BCUT2D eigenvalue weighted by atomic mass is 10.0. The third kappa shape index (κ3) is 3.87. The second kappa shape index (κ2) is 6.18. The first kappa shape index (κ1) is 11.0. The van der Waals surface area contributed by atoms with E-state index in [1.165, 1.54) is 50.1 Å². The summed E-state index contributed by atoms with van der Waals surface area (Å²) in [6.07, 6.45) is 8.57. The lowest BCUT2D eigenvalue weighted by molar-refractivity contribution is 0.469. The highest BCUT2D eigenvalue weighted by atomic mass is 32.1. The molecule has 3 nitrogen and oxygen atoms in total. The Labute approximate surface area is 95.4 Å². The van der Waals surface area contributed by atoms with Gasteiger partial charge in [0.15, 0.2) is 0 Å². The van der Waals surface area contributed by atoms with Crippen LogP contribution in [-0.4, -0.2) is 16.1 Å². The summed E-state index contributed by atoms with van der Waals surface area (Å²) in [5.41, 5.74) is 1.07. The van der Waals surface area contributed by atoms with Crippen molar-refractivity contribution in [2.24, 2.45) is 5.92 Å². The summed E-state index contributed by atoms with van der Waals surface area (Å²) in [6.45, 7) is 2.00. The van der Waals surface area contributed by atoms with E-state index < -0.39 is 0 Å². The summed E-state index contributed by atoms with van der Waals surface area (Å²) in [5.74, 6) is 1.02. The van der Waals surface area contributed by atoms with Crippen molar-refractivity contribution in [2.75, 3.05) is 6.54 Å². The largest absolute Gasteiger partial charge is 0.311 e. The summed E-state index contributed by atoms with van der Waals surface area (Å²) in [7, 11) is 0. The van der Waals surface area contributed by atoms with Crippen molar-refractivity contribution in [3.05, 3.63) is 11.1 Å². The van der Waals surface area contributed by atoms with Gasteiger partial charge in [-0.25, -0.2) is 0 Å². The number of nitrogens with one attached hydrogen (secondary N) is 1. The molecule has 84 valence electrons. The average Bonchev–Trinajstić information content (AvgIpc) is 2.88. The van der Waals surface area contributed by atoms with Crippen LogP contribution in [0.2, 0.25) is 0 Å². The molecule has 0 aromatic carbocycles. The first-order valence-corrected chi connectivity index (χ1v) is 6.75. The third-order valence-electron chi connectivity index (χ3n) is 3.15. The predicted octanol–water partition coefficient (Wildman–Crippen LogP) is 2.60. The van der Waals surface area contributed by atoms with Crippen LogP contribution in [0.15, 0.2) is 5.38 Å². The van der Waals surface area contributed by atoms with Crippen LogP contribution in [-0.2, 0) is 6.54 Å². The van der Waals surface area contributed by atoms with Gasteiger partial charge in [-0.1, -0.05) is 30.2 Å². The van der Waals surface area contributed by atoms with E-state index in [4.69, 9.17) is 0 Å². The summed E-state index contributed by atoms with van der Waals surface area (Å²) >= 11 is 1.42. The van der Waals surface area contributed by atoms with Crippen molar-refractivity contribution >= 4 is 11.5 Å². The molecule has 15 heavy (non-hydrogen) atoms. The monoisotopic (exact) mass is 225 g/mol. The minimum Gasteiger partial charge on any atom is -0.311 e. The lowest BCUT2D eigenvalue weighted by Gasteiger charge is -2.08. The fourth-order valence-corrected chi connectivity index (χ4v) is 2.74. The van der Waals surface area contributed by atoms with Gasteiger partial charge in [0.1, 0.15) is 0 Å². The molecule has 2 rings (SSSR count). The van der Waals surface area contributed by atoms with E-state index >= 15 is 0 Å². The fraction of sp³-hybridized carbons (Fsp3) is 0.818. The molecule has 0 bridgehead atoms. The molecular formula is C11H19N3S. The fourth-order valence-electron chi connectivity index (χ4n) is 2.29.